The summed E-state index contributed by atoms with van der Waals surface area (Å²) in [5.74, 6) is -0.419. The zero-order valence-electron chi connectivity index (χ0n) is 14.6. The fourth-order valence-corrected chi connectivity index (χ4v) is 3.72. The highest BCUT2D eigenvalue weighted by Gasteiger charge is 2.13. The summed E-state index contributed by atoms with van der Waals surface area (Å²) >= 11 is 1.45. The van der Waals surface area contributed by atoms with Crippen LogP contribution in [0.25, 0.3) is 10.2 Å². The molecule has 1 aromatic heterocycles. The van der Waals surface area contributed by atoms with E-state index in [0.717, 1.165) is 21.3 Å². The van der Waals surface area contributed by atoms with Crippen LogP contribution >= 0.6 is 11.3 Å². The summed E-state index contributed by atoms with van der Waals surface area (Å²) in [5, 5.41) is 6.15. The maximum absolute atomic E-state index is 12.5. The molecule has 3 aromatic rings. The highest BCUT2D eigenvalue weighted by Crippen LogP contribution is 2.29. The number of carbonyl (C=O) groups excluding carboxylic acids is 2. The number of carbonyl (C=O) groups is 2. The molecule has 0 saturated heterocycles. The van der Waals surface area contributed by atoms with Gasteiger partial charge in [0.05, 0.1) is 10.2 Å². The lowest BCUT2D eigenvalue weighted by Crippen LogP contribution is -2.13. The number of thiazole rings is 1. The summed E-state index contributed by atoms with van der Waals surface area (Å²) in [4.78, 5) is 28.3. The molecule has 128 valence electrons. The first-order valence-corrected chi connectivity index (χ1v) is 8.72. The molecule has 0 radical (unpaired) electrons. The zero-order valence-corrected chi connectivity index (χ0v) is 15.4. The molecule has 5 nitrogen and oxygen atoms in total. The Morgan fingerprint density at radius 1 is 1.00 bits per heavy atom. The van der Waals surface area contributed by atoms with Crippen molar-refractivity contribution in [2.45, 2.75) is 27.7 Å². The van der Waals surface area contributed by atoms with Crippen molar-refractivity contribution < 1.29 is 9.59 Å². The maximum atomic E-state index is 12.5. The van der Waals surface area contributed by atoms with Crippen molar-refractivity contribution in [2.75, 3.05) is 10.6 Å². The van der Waals surface area contributed by atoms with E-state index in [9.17, 15) is 9.59 Å². The molecule has 0 aliphatic heterocycles. The number of nitrogens with zero attached hydrogens (tertiary/aromatic N) is 1. The van der Waals surface area contributed by atoms with Gasteiger partial charge >= 0.3 is 0 Å². The molecule has 1 heterocycles. The standard InChI is InChI=1S/C19H19N3O2S/c1-10-7-12(3)17-16(8-10)25-19(21-17)22-18(24)14-6-5-11(2)15(9-14)20-13(4)23/h5-9H,1-4H3,(H,20,23)(H,21,22,24). The highest BCUT2D eigenvalue weighted by molar-refractivity contribution is 7.22. The van der Waals surface area contributed by atoms with Crippen molar-refractivity contribution in [1.82, 2.24) is 4.98 Å². The molecule has 0 aliphatic rings. The number of hydrogen-bond donors (Lipinski definition) is 2. The smallest absolute Gasteiger partial charge is 0.257 e. The van der Waals surface area contributed by atoms with E-state index in [-0.39, 0.29) is 11.8 Å². The topological polar surface area (TPSA) is 71.1 Å². The number of benzene rings is 2. The summed E-state index contributed by atoms with van der Waals surface area (Å²) in [6.45, 7) is 7.38. The van der Waals surface area contributed by atoms with Gasteiger partial charge in [-0.3, -0.25) is 14.9 Å². The van der Waals surface area contributed by atoms with Crippen LogP contribution in [0.5, 0.6) is 0 Å². The van der Waals surface area contributed by atoms with E-state index >= 15 is 0 Å². The molecule has 0 bridgehead atoms. The van der Waals surface area contributed by atoms with Gasteiger partial charge in [-0.1, -0.05) is 23.5 Å². The van der Waals surface area contributed by atoms with Crippen LogP contribution < -0.4 is 10.6 Å². The van der Waals surface area contributed by atoms with Gasteiger partial charge in [-0.05, 0) is 55.7 Å². The van der Waals surface area contributed by atoms with E-state index in [2.05, 4.69) is 27.8 Å². The van der Waals surface area contributed by atoms with Gasteiger partial charge in [0.1, 0.15) is 0 Å². The monoisotopic (exact) mass is 353 g/mol. The molecule has 2 amide bonds. The van der Waals surface area contributed by atoms with Gasteiger partial charge < -0.3 is 5.32 Å². The largest absolute Gasteiger partial charge is 0.326 e. The second kappa shape index (κ2) is 6.64. The second-order valence-electron chi connectivity index (χ2n) is 6.11. The van der Waals surface area contributed by atoms with E-state index in [4.69, 9.17) is 0 Å². The molecule has 2 aromatic carbocycles. The summed E-state index contributed by atoms with van der Waals surface area (Å²) in [5.41, 5.74) is 5.18. The third-order valence-corrected chi connectivity index (χ3v) is 4.78. The summed E-state index contributed by atoms with van der Waals surface area (Å²) in [6, 6.07) is 9.36. The average Bonchev–Trinajstić information content (AvgIpc) is 2.91. The van der Waals surface area contributed by atoms with Crippen molar-refractivity contribution in [3.05, 3.63) is 52.6 Å². The van der Waals surface area contributed by atoms with E-state index in [0.29, 0.717) is 16.4 Å². The van der Waals surface area contributed by atoms with Crippen molar-refractivity contribution in [1.29, 1.82) is 0 Å². The maximum Gasteiger partial charge on any atom is 0.257 e. The third-order valence-electron chi connectivity index (χ3n) is 3.86. The van der Waals surface area contributed by atoms with Crippen molar-refractivity contribution in [3.8, 4) is 0 Å². The normalized spacial score (nSPS) is 10.7. The summed E-state index contributed by atoms with van der Waals surface area (Å²) < 4.78 is 1.05. The van der Waals surface area contributed by atoms with E-state index in [1.54, 1.807) is 12.1 Å². The third kappa shape index (κ3) is 3.69. The number of hydrogen-bond acceptors (Lipinski definition) is 4. The lowest BCUT2D eigenvalue weighted by atomic mass is 10.1. The number of rotatable bonds is 3. The predicted molar refractivity (Wildman–Crippen MR) is 103 cm³/mol. The van der Waals surface area contributed by atoms with Crippen LogP contribution in [0.15, 0.2) is 30.3 Å². The molecule has 25 heavy (non-hydrogen) atoms. The number of aromatic nitrogens is 1. The number of fused-ring (bicyclic) bond motifs is 1. The molecule has 0 unspecified atom stereocenters. The van der Waals surface area contributed by atoms with E-state index in [1.165, 1.54) is 23.8 Å². The molecule has 0 aliphatic carbocycles. The lowest BCUT2D eigenvalue weighted by Gasteiger charge is -2.09. The SMILES string of the molecule is CC(=O)Nc1cc(C(=O)Nc2nc3c(C)cc(C)cc3s2)ccc1C. The van der Waals surface area contributed by atoms with Crippen LogP contribution in [0.2, 0.25) is 0 Å². The average molecular weight is 353 g/mol. The van der Waals surface area contributed by atoms with Crippen LogP contribution in [-0.2, 0) is 4.79 Å². The first-order chi connectivity index (χ1) is 11.8. The second-order valence-corrected chi connectivity index (χ2v) is 7.14. The minimum atomic E-state index is -0.250. The van der Waals surface area contributed by atoms with Gasteiger partial charge in [0.15, 0.2) is 5.13 Å². The van der Waals surface area contributed by atoms with Gasteiger partial charge in [0.2, 0.25) is 5.91 Å². The number of anilines is 2. The van der Waals surface area contributed by atoms with Gasteiger partial charge in [0.25, 0.3) is 5.91 Å². The number of nitrogens with one attached hydrogen (secondary N) is 2. The predicted octanol–water partition coefficient (Wildman–Crippen LogP) is 4.43. The molecular formula is C19H19N3O2S. The Morgan fingerprint density at radius 3 is 2.48 bits per heavy atom. The Balaban J connectivity index is 1.87. The van der Waals surface area contributed by atoms with Crippen LogP contribution in [0.1, 0.15) is 34.0 Å². The molecule has 6 heteroatoms. The fraction of sp³-hybridized carbons (Fsp3) is 0.211. The summed E-state index contributed by atoms with van der Waals surface area (Å²) in [6.07, 6.45) is 0. The number of amides is 2. The quantitative estimate of drug-likeness (QED) is 0.731. The number of aryl methyl sites for hydroxylation is 3. The van der Waals surface area contributed by atoms with Gasteiger partial charge in [-0.15, -0.1) is 0 Å². The molecule has 0 atom stereocenters. The highest BCUT2D eigenvalue weighted by atomic mass is 32.1. The molecule has 0 spiro atoms. The lowest BCUT2D eigenvalue weighted by molar-refractivity contribution is -0.114. The van der Waals surface area contributed by atoms with Crippen LogP contribution in [-0.4, -0.2) is 16.8 Å². The van der Waals surface area contributed by atoms with E-state index in [1.807, 2.05) is 26.8 Å². The van der Waals surface area contributed by atoms with Crippen molar-refractivity contribution in [3.63, 3.8) is 0 Å². The molecule has 3 rings (SSSR count). The Hall–Kier alpha value is -2.73. The molecule has 2 N–H and O–H groups in total. The first-order valence-electron chi connectivity index (χ1n) is 7.91. The Kier molecular flexibility index (Phi) is 4.55. The minimum absolute atomic E-state index is 0.169. The van der Waals surface area contributed by atoms with Gasteiger partial charge in [-0.25, -0.2) is 4.98 Å². The Morgan fingerprint density at radius 2 is 1.76 bits per heavy atom. The summed E-state index contributed by atoms with van der Waals surface area (Å²) in [7, 11) is 0. The molecule has 0 fully saturated rings. The van der Waals surface area contributed by atoms with Crippen LogP contribution in [0.3, 0.4) is 0 Å². The van der Waals surface area contributed by atoms with Gasteiger partial charge in [-0.2, -0.15) is 0 Å². The van der Waals surface area contributed by atoms with Gasteiger partial charge in [0, 0.05) is 18.2 Å². The van der Waals surface area contributed by atoms with Crippen molar-refractivity contribution in [2.24, 2.45) is 0 Å². The van der Waals surface area contributed by atoms with Crippen molar-refractivity contribution >= 4 is 44.2 Å². The zero-order chi connectivity index (χ0) is 18.1. The fourth-order valence-electron chi connectivity index (χ4n) is 2.68. The van der Waals surface area contributed by atoms with Crippen LogP contribution in [0, 0.1) is 20.8 Å². The molecule has 0 saturated carbocycles. The minimum Gasteiger partial charge on any atom is -0.326 e. The Bertz CT molecular complexity index is 992. The Labute approximate surface area is 150 Å². The first kappa shape index (κ1) is 17.1. The van der Waals surface area contributed by atoms with E-state index < -0.39 is 0 Å². The molecular weight excluding hydrogens is 334 g/mol. The van der Waals surface area contributed by atoms with Crippen LogP contribution in [0.4, 0.5) is 10.8 Å².